The molecule has 3 aliphatic rings. The number of fused-ring (bicyclic) bond motifs is 1. The average molecular weight is 493 g/mol. The molecule has 1 saturated carbocycles. The van der Waals surface area contributed by atoms with Crippen molar-refractivity contribution in [3.8, 4) is 5.75 Å². The lowest BCUT2D eigenvalue weighted by Crippen LogP contribution is -2.49. The van der Waals surface area contributed by atoms with Gasteiger partial charge in [0.2, 0.25) is 5.91 Å². The highest BCUT2D eigenvalue weighted by Gasteiger charge is 2.38. The fourth-order valence-electron chi connectivity index (χ4n) is 6.24. The average Bonchev–Trinajstić information content (AvgIpc) is 3.56. The predicted octanol–water partition coefficient (Wildman–Crippen LogP) is 5.13. The summed E-state index contributed by atoms with van der Waals surface area (Å²) in [4.78, 5) is 22.5. The minimum atomic E-state index is 0.234. The zero-order valence-corrected chi connectivity index (χ0v) is 22.3. The van der Waals surface area contributed by atoms with Crippen LogP contribution in [0.2, 0.25) is 0 Å². The number of carbonyl (C=O) groups is 1. The van der Waals surface area contributed by atoms with Gasteiger partial charge in [-0.05, 0) is 67.9 Å². The maximum absolute atomic E-state index is 13.2. The van der Waals surface area contributed by atoms with Crippen LogP contribution < -0.4 is 4.74 Å². The summed E-state index contributed by atoms with van der Waals surface area (Å²) in [7, 11) is 0. The van der Waals surface area contributed by atoms with Gasteiger partial charge in [0, 0.05) is 51.0 Å². The summed E-state index contributed by atoms with van der Waals surface area (Å²) in [6, 6.07) is 8.59. The van der Waals surface area contributed by atoms with Gasteiger partial charge in [-0.25, -0.2) is 4.98 Å². The van der Waals surface area contributed by atoms with E-state index >= 15 is 0 Å². The highest BCUT2D eigenvalue weighted by Crippen LogP contribution is 2.40. The molecule has 2 aliphatic heterocycles. The van der Waals surface area contributed by atoms with Crippen LogP contribution in [0.1, 0.15) is 76.1 Å². The second kappa shape index (κ2) is 11.4. The molecule has 36 heavy (non-hydrogen) atoms. The van der Waals surface area contributed by atoms with Crippen molar-refractivity contribution in [2.45, 2.75) is 77.7 Å². The number of imidazole rings is 1. The maximum atomic E-state index is 13.2. The molecular weight excluding hydrogens is 448 g/mol. The second-order valence-corrected chi connectivity index (χ2v) is 11.8. The number of para-hydroxylation sites is 1. The summed E-state index contributed by atoms with van der Waals surface area (Å²) in [5, 5.41) is 0. The number of amides is 1. The summed E-state index contributed by atoms with van der Waals surface area (Å²) in [6.45, 7) is 10.5. The molecule has 5 rings (SSSR count). The molecule has 0 atom stereocenters. The highest BCUT2D eigenvalue weighted by molar-refractivity contribution is 5.76. The Hall–Kier alpha value is -2.34. The quantitative estimate of drug-likeness (QED) is 0.580. The van der Waals surface area contributed by atoms with Gasteiger partial charge in [-0.2, -0.15) is 0 Å². The number of carbonyl (C=O) groups excluding carboxylic acids is 1. The van der Waals surface area contributed by atoms with Gasteiger partial charge >= 0.3 is 0 Å². The minimum absolute atomic E-state index is 0.234. The highest BCUT2D eigenvalue weighted by atomic mass is 16.5. The number of likely N-dealkylation sites (tertiary alicyclic amines) is 1. The van der Waals surface area contributed by atoms with E-state index in [4.69, 9.17) is 4.74 Å². The molecule has 6 heteroatoms. The van der Waals surface area contributed by atoms with Gasteiger partial charge in [0.05, 0.1) is 0 Å². The first-order valence-electron chi connectivity index (χ1n) is 14.2. The van der Waals surface area contributed by atoms with Crippen LogP contribution in [-0.2, 0) is 17.8 Å². The van der Waals surface area contributed by atoms with Crippen LogP contribution in [-0.4, -0.2) is 64.6 Å². The monoisotopic (exact) mass is 492 g/mol. The lowest BCUT2D eigenvalue weighted by Gasteiger charge is -2.45. The van der Waals surface area contributed by atoms with Gasteiger partial charge in [0.1, 0.15) is 24.7 Å². The zero-order chi connectivity index (χ0) is 25.0. The summed E-state index contributed by atoms with van der Waals surface area (Å²) >= 11 is 0. The van der Waals surface area contributed by atoms with Crippen LogP contribution in [0.3, 0.4) is 0 Å². The zero-order valence-electron chi connectivity index (χ0n) is 22.3. The first-order chi connectivity index (χ1) is 17.5. The minimum Gasteiger partial charge on any atom is -0.492 e. The topological polar surface area (TPSA) is 50.6 Å². The number of ether oxygens (including phenoxy) is 1. The molecule has 1 spiro atoms. The Morgan fingerprint density at radius 2 is 1.92 bits per heavy atom. The number of aryl methyl sites for hydroxylation is 1. The van der Waals surface area contributed by atoms with Crippen LogP contribution in [0.25, 0.3) is 0 Å². The Bertz CT molecular complexity index is 1000. The third kappa shape index (κ3) is 6.31. The van der Waals surface area contributed by atoms with Crippen molar-refractivity contribution in [2.24, 2.45) is 11.3 Å². The van der Waals surface area contributed by atoms with Crippen molar-refractivity contribution in [3.05, 3.63) is 48.0 Å². The van der Waals surface area contributed by atoms with Gasteiger partial charge in [0.15, 0.2) is 0 Å². The number of hydrogen-bond donors (Lipinski definition) is 0. The fraction of sp³-hybridized carbons (Fsp3) is 0.667. The first kappa shape index (κ1) is 25.3. The van der Waals surface area contributed by atoms with E-state index in [9.17, 15) is 4.79 Å². The fourth-order valence-corrected chi connectivity index (χ4v) is 6.24. The van der Waals surface area contributed by atoms with Crippen LogP contribution in [0, 0.1) is 11.3 Å². The molecular formula is C30H44N4O2. The molecule has 2 aromatic rings. The third-order valence-corrected chi connectivity index (χ3v) is 8.56. The molecule has 3 heterocycles. The SMILES string of the molecule is CC(C)c1nccn1CC(=O)N1CCC2(CCCCc3ccccc3OCCN(CC3CC3)C2)CC1. The van der Waals surface area contributed by atoms with Crippen molar-refractivity contribution >= 4 is 5.91 Å². The van der Waals surface area contributed by atoms with E-state index < -0.39 is 0 Å². The largest absolute Gasteiger partial charge is 0.492 e. The lowest BCUT2D eigenvalue weighted by molar-refractivity contribution is -0.134. The Morgan fingerprint density at radius 1 is 1.11 bits per heavy atom. The van der Waals surface area contributed by atoms with E-state index in [0.717, 1.165) is 69.5 Å². The van der Waals surface area contributed by atoms with Crippen LogP contribution in [0.15, 0.2) is 36.7 Å². The van der Waals surface area contributed by atoms with Gasteiger partial charge in [-0.1, -0.05) is 38.5 Å². The molecule has 1 aromatic heterocycles. The molecule has 1 aliphatic carbocycles. The molecule has 0 radical (unpaired) electrons. The number of nitrogens with zero attached hydrogens (tertiary/aromatic N) is 4. The Labute approximate surface area is 217 Å². The molecule has 0 N–H and O–H groups in total. The van der Waals surface area contributed by atoms with E-state index in [1.54, 1.807) is 0 Å². The standard InChI is InChI=1S/C30H44N4O2/c1-24(2)29-31-15-18-34(29)22-28(35)33-16-13-30(14-17-33)12-6-5-8-26-7-3-4-9-27(26)36-20-19-32(23-30)21-25-10-11-25/h3-4,7,9,15,18,24-25H,5-6,8,10-14,16-17,19-23H2,1-2H3. The molecule has 1 amide bonds. The van der Waals surface area contributed by atoms with Crippen LogP contribution in [0.5, 0.6) is 5.75 Å². The van der Waals surface area contributed by atoms with Gasteiger partial charge in [0.25, 0.3) is 0 Å². The smallest absolute Gasteiger partial charge is 0.242 e. The normalized spacial score (nSPS) is 21.5. The molecule has 196 valence electrons. The molecule has 0 unspecified atom stereocenters. The van der Waals surface area contributed by atoms with Crippen LogP contribution >= 0.6 is 0 Å². The second-order valence-electron chi connectivity index (χ2n) is 11.8. The van der Waals surface area contributed by atoms with Crippen molar-refractivity contribution in [3.63, 3.8) is 0 Å². The Kier molecular flexibility index (Phi) is 8.00. The summed E-state index contributed by atoms with van der Waals surface area (Å²) in [6.07, 6.45) is 13.5. The molecule has 2 fully saturated rings. The summed E-state index contributed by atoms with van der Waals surface area (Å²) < 4.78 is 8.32. The van der Waals surface area contributed by atoms with E-state index in [1.165, 1.54) is 44.2 Å². The van der Waals surface area contributed by atoms with Crippen molar-refractivity contribution < 1.29 is 9.53 Å². The Balaban J connectivity index is 1.24. The van der Waals surface area contributed by atoms with Gasteiger partial charge < -0.3 is 14.2 Å². The molecule has 6 nitrogen and oxygen atoms in total. The number of piperidine rings is 1. The van der Waals surface area contributed by atoms with Gasteiger partial charge in [-0.15, -0.1) is 0 Å². The van der Waals surface area contributed by atoms with Crippen LogP contribution in [0.4, 0.5) is 0 Å². The van der Waals surface area contributed by atoms with Crippen molar-refractivity contribution in [1.29, 1.82) is 0 Å². The van der Waals surface area contributed by atoms with E-state index in [0.29, 0.717) is 17.9 Å². The Morgan fingerprint density at radius 3 is 2.69 bits per heavy atom. The van der Waals surface area contributed by atoms with E-state index in [1.807, 2.05) is 17.0 Å². The predicted molar refractivity (Wildman–Crippen MR) is 143 cm³/mol. The number of aromatic nitrogens is 2. The van der Waals surface area contributed by atoms with E-state index in [-0.39, 0.29) is 5.91 Å². The van der Waals surface area contributed by atoms with Crippen molar-refractivity contribution in [1.82, 2.24) is 19.4 Å². The molecule has 1 saturated heterocycles. The van der Waals surface area contributed by atoms with Gasteiger partial charge in [-0.3, -0.25) is 9.69 Å². The number of rotatable bonds is 5. The lowest BCUT2D eigenvalue weighted by atomic mass is 9.73. The number of benzene rings is 1. The summed E-state index contributed by atoms with van der Waals surface area (Å²) in [5.41, 5.74) is 1.66. The summed E-state index contributed by atoms with van der Waals surface area (Å²) in [5.74, 6) is 3.49. The van der Waals surface area contributed by atoms with Crippen molar-refractivity contribution in [2.75, 3.05) is 39.3 Å². The molecule has 0 bridgehead atoms. The maximum Gasteiger partial charge on any atom is 0.242 e. The number of hydrogen-bond acceptors (Lipinski definition) is 4. The van der Waals surface area contributed by atoms with E-state index in [2.05, 4.69) is 52.9 Å². The first-order valence-corrected chi connectivity index (χ1v) is 14.2. The molecule has 1 aromatic carbocycles. The third-order valence-electron chi connectivity index (χ3n) is 8.56.